The second kappa shape index (κ2) is 6.55. The minimum absolute atomic E-state index is 0.136. The fourth-order valence-corrected chi connectivity index (χ4v) is 3.58. The summed E-state index contributed by atoms with van der Waals surface area (Å²) >= 11 is 1.66. The first kappa shape index (κ1) is 15.3. The van der Waals surface area contributed by atoms with Crippen LogP contribution in [0, 0.1) is 12.8 Å². The van der Waals surface area contributed by atoms with E-state index in [9.17, 15) is 9.90 Å². The van der Waals surface area contributed by atoms with Crippen molar-refractivity contribution in [1.29, 1.82) is 0 Å². The van der Waals surface area contributed by atoms with E-state index in [0.29, 0.717) is 12.5 Å². The highest BCUT2D eigenvalue weighted by molar-refractivity contribution is 7.12. The molecule has 3 nitrogen and oxygen atoms in total. The van der Waals surface area contributed by atoms with E-state index >= 15 is 0 Å². The van der Waals surface area contributed by atoms with Crippen molar-refractivity contribution in [3.63, 3.8) is 0 Å². The molecule has 0 saturated heterocycles. The molecule has 1 heterocycles. The van der Waals surface area contributed by atoms with Gasteiger partial charge in [0.1, 0.15) is 0 Å². The Morgan fingerprint density at radius 1 is 1.60 bits per heavy atom. The number of rotatable bonds is 4. The third-order valence-corrected chi connectivity index (χ3v) is 4.79. The van der Waals surface area contributed by atoms with Crippen LogP contribution in [0.2, 0.25) is 0 Å². The molecule has 2 N–H and O–H groups in total. The van der Waals surface area contributed by atoms with Crippen LogP contribution < -0.4 is 5.32 Å². The van der Waals surface area contributed by atoms with Gasteiger partial charge in [0.2, 0.25) is 5.91 Å². The summed E-state index contributed by atoms with van der Waals surface area (Å²) in [5.74, 6) is 0.401. The number of nitrogens with one attached hydrogen (secondary N) is 1. The molecule has 0 bridgehead atoms. The molecule has 20 heavy (non-hydrogen) atoms. The predicted molar refractivity (Wildman–Crippen MR) is 83.7 cm³/mol. The lowest BCUT2D eigenvalue weighted by Gasteiger charge is -2.35. The maximum atomic E-state index is 11.8. The Labute approximate surface area is 124 Å². The maximum Gasteiger partial charge on any atom is 0.244 e. The van der Waals surface area contributed by atoms with Crippen LogP contribution in [0.5, 0.6) is 0 Å². The SMILES string of the molecule is Cc1ccc(C=CC(=O)NCC2(O)CCCC(C)C2)s1. The molecule has 2 rings (SSSR count). The number of hydrogen-bond acceptors (Lipinski definition) is 3. The van der Waals surface area contributed by atoms with Gasteiger partial charge >= 0.3 is 0 Å². The van der Waals surface area contributed by atoms with Gasteiger partial charge in [0, 0.05) is 22.4 Å². The summed E-state index contributed by atoms with van der Waals surface area (Å²) in [7, 11) is 0. The van der Waals surface area contributed by atoms with Crippen molar-refractivity contribution in [3.05, 3.63) is 28.0 Å². The summed E-state index contributed by atoms with van der Waals surface area (Å²) < 4.78 is 0. The van der Waals surface area contributed by atoms with Crippen molar-refractivity contribution in [1.82, 2.24) is 5.32 Å². The molecule has 1 aromatic heterocycles. The first-order chi connectivity index (χ1) is 9.47. The van der Waals surface area contributed by atoms with Crippen molar-refractivity contribution in [3.8, 4) is 0 Å². The standard InChI is InChI=1S/C16H23NO2S/c1-12-4-3-9-16(19,10-12)11-17-15(18)8-7-14-6-5-13(2)20-14/h5-8,12,19H,3-4,9-11H2,1-2H3,(H,17,18). The summed E-state index contributed by atoms with van der Waals surface area (Å²) in [5.41, 5.74) is -0.722. The maximum absolute atomic E-state index is 11.8. The zero-order valence-electron chi connectivity index (χ0n) is 12.2. The minimum Gasteiger partial charge on any atom is -0.388 e. The zero-order valence-corrected chi connectivity index (χ0v) is 13.0. The van der Waals surface area contributed by atoms with Crippen LogP contribution in [0.4, 0.5) is 0 Å². The summed E-state index contributed by atoms with van der Waals surface area (Å²) in [6.45, 7) is 4.55. The number of amides is 1. The van der Waals surface area contributed by atoms with Gasteiger partial charge in [-0.15, -0.1) is 11.3 Å². The second-order valence-electron chi connectivity index (χ2n) is 5.93. The van der Waals surface area contributed by atoms with Crippen molar-refractivity contribution in [2.75, 3.05) is 6.54 Å². The van der Waals surface area contributed by atoms with Crippen molar-refractivity contribution < 1.29 is 9.90 Å². The molecule has 1 saturated carbocycles. The molecule has 1 amide bonds. The normalized spacial score (nSPS) is 26.9. The third kappa shape index (κ3) is 4.46. The average Bonchev–Trinajstić information content (AvgIpc) is 2.80. The summed E-state index contributed by atoms with van der Waals surface area (Å²) in [5, 5.41) is 13.3. The molecular weight excluding hydrogens is 270 g/mol. The highest BCUT2D eigenvalue weighted by Gasteiger charge is 2.32. The lowest BCUT2D eigenvalue weighted by atomic mass is 9.79. The smallest absolute Gasteiger partial charge is 0.244 e. The van der Waals surface area contributed by atoms with Gasteiger partial charge in [0.05, 0.1) is 5.60 Å². The molecule has 1 aromatic rings. The van der Waals surface area contributed by atoms with Crippen LogP contribution in [0.25, 0.3) is 6.08 Å². The molecule has 1 aliphatic carbocycles. The molecule has 4 heteroatoms. The number of thiophene rings is 1. The highest BCUT2D eigenvalue weighted by Crippen LogP contribution is 2.31. The van der Waals surface area contributed by atoms with E-state index in [1.54, 1.807) is 17.4 Å². The molecule has 1 fully saturated rings. The third-order valence-electron chi connectivity index (χ3n) is 3.82. The summed E-state index contributed by atoms with van der Waals surface area (Å²) in [4.78, 5) is 14.1. The quantitative estimate of drug-likeness (QED) is 0.838. The van der Waals surface area contributed by atoms with Crippen molar-refractivity contribution in [2.45, 2.75) is 45.1 Å². The Morgan fingerprint density at radius 2 is 2.40 bits per heavy atom. The monoisotopic (exact) mass is 293 g/mol. The van der Waals surface area contributed by atoms with Gasteiger partial charge in [-0.3, -0.25) is 4.79 Å². The molecule has 2 atom stereocenters. The van der Waals surface area contributed by atoms with Gasteiger partial charge in [-0.1, -0.05) is 19.8 Å². The van der Waals surface area contributed by atoms with Crippen molar-refractivity contribution in [2.24, 2.45) is 5.92 Å². The predicted octanol–water partition coefficient (Wildman–Crippen LogP) is 3.13. The molecule has 0 aromatic carbocycles. The Hall–Kier alpha value is -1.13. The van der Waals surface area contributed by atoms with E-state index in [0.717, 1.165) is 24.1 Å². The first-order valence-electron chi connectivity index (χ1n) is 7.22. The molecule has 0 radical (unpaired) electrons. The lowest BCUT2D eigenvalue weighted by Crippen LogP contribution is -2.45. The fraction of sp³-hybridized carbons (Fsp3) is 0.562. The minimum atomic E-state index is -0.722. The van der Waals surface area contributed by atoms with Gasteiger partial charge in [0.15, 0.2) is 0 Å². The van der Waals surface area contributed by atoms with E-state index in [4.69, 9.17) is 0 Å². The lowest BCUT2D eigenvalue weighted by molar-refractivity contribution is -0.118. The summed E-state index contributed by atoms with van der Waals surface area (Å²) in [6.07, 6.45) is 7.14. The van der Waals surface area contributed by atoms with Gasteiger partial charge in [-0.2, -0.15) is 0 Å². The number of hydrogen-bond donors (Lipinski definition) is 2. The molecule has 0 spiro atoms. The zero-order chi connectivity index (χ0) is 14.6. The van der Waals surface area contributed by atoms with Gasteiger partial charge in [-0.25, -0.2) is 0 Å². The fourth-order valence-electron chi connectivity index (χ4n) is 2.80. The van der Waals surface area contributed by atoms with Crippen molar-refractivity contribution >= 4 is 23.3 Å². The topological polar surface area (TPSA) is 49.3 Å². The summed E-state index contributed by atoms with van der Waals surface area (Å²) in [6, 6.07) is 4.04. The molecular formula is C16H23NO2S. The van der Waals surface area contributed by atoms with Crippen LogP contribution in [0.1, 0.15) is 42.4 Å². The van der Waals surface area contributed by atoms with Gasteiger partial charge in [0.25, 0.3) is 0 Å². The van der Waals surface area contributed by atoms with Crippen LogP contribution in [-0.4, -0.2) is 23.2 Å². The van der Waals surface area contributed by atoms with Crippen LogP contribution in [-0.2, 0) is 4.79 Å². The Kier molecular flexibility index (Phi) is 5.00. The van der Waals surface area contributed by atoms with E-state index in [2.05, 4.69) is 12.2 Å². The highest BCUT2D eigenvalue weighted by atomic mass is 32.1. The molecule has 0 aliphatic heterocycles. The van der Waals surface area contributed by atoms with E-state index in [-0.39, 0.29) is 5.91 Å². The number of carbonyl (C=O) groups excluding carboxylic acids is 1. The average molecular weight is 293 g/mol. The molecule has 2 unspecified atom stereocenters. The van der Waals surface area contributed by atoms with Gasteiger partial charge < -0.3 is 10.4 Å². The van der Waals surface area contributed by atoms with E-state index in [1.807, 2.05) is 25.1 Å². The van der Waals surface area contributed by atoms with Crippen LogP contribution >= 0.6 is 11.3 Å². The number of aryl methyl sites for hydroxylation is 1. The van der Waals surface area contributed by atoms with Crippen LogP contribution in [0.15, 0.2) is 18.2 Å². The first-order valence-corrected chi connectivity index (χ1v) is 8.03. The van der Waals surface area contributed by atoms with E-state index in [1.165, 1.54) is 11.3 Å². The number of aliphatic hydroxyl groups is 1. The largest absolute Gasteiger partial charge is 0.388 e. The van der Waals surface area contributed by atoms with E-state index < -0.39 is 5.60 Å². The Balaban J connectivity index is 1.81. The number of carbonyl (C=O) groups is 1. The van der Waals surface area contributed by atoms with Crippen LogP contribution in [0.3, 0.4) is 0 Å². The molecule has 1 aliphatic rings. The Morgan fingerprint density at radius 3 is 3.05 bits per heavy atom. The second-order valence-corrected chi connectivity index (χ2v) is 7.24. The Bertz CT molecular complexity index is 494. The van der Waals surface area contributed by atoms with Gasteiger partial charge in [-0.05, 0) is 43.9 Å². The molecule has 110 valence electrons.